The van der Waals surface area contributed by atoms with Crippen LogP contribution in [0, 0.1) is 11.3 Å². The summed E-state index contributed by atoms with van der Waals surface area (Å²) in [6, 6.07) is 5.43. The van der Waals surface area contributed by atoms with Crippen molar-refractivity contribution < 1.29 is 9.59 Å². The molecule has 2 unspecified atom stereocenters. The van der Waals surface area contributed by atoms with Gasteiger partial charge in [0.1, 0.15) is 0 Å². The van der Waals surface area contributed by atoms with Gasteiger partial charge in [-0.3, -0.25) is 9.59 Å². The van der Waals surface area contributed by atoms with E-state index in [0.717, 1.165) is 11.9 Å². The second-order valence-corrected chi connectivity index (χ2v) is 7.86. The van der Waals surface area contributed by atoms with Gasteiger partial charge in [-0.05, 0) is 36.0 Å². The molecule has 0 saturated heterocycles. The number of aromatic nitrogens is 4. The summed E-state index contributed by atoms with van der Waals surface area (Å²) >= 11 is 0. The monoisotopic (exact) mass is 393 g/mol. The lowest BCUT2D eigenvalue weighted by Crippen LogP contribution is -2.60. The molecule has 9 nitrogen and oxygen atoms in total. The Labute approximate surface area is 167 Å². The minimum Gasteiger partial charge on any atom is -0.382 e. The van der Waals surface area contributed by atoms with Crippen LogP contribution < -0.4 is 16.4 Å². The van der Waals surface area contributed by atoms with Gasteiger partial charge in [-0.15, -0.1) is 0 Å². The minimum absolute atomic E-state index is 0.0154. The van der Waals surface area contributed by atoms with Crippen molar-refractivity contribution in [2.75, 3.05) is 12.3 Å². The average Bonchev–Trinajstić information content (AvgIpc) is 3.19. The smallest absolute Gasteiger partial charge is 0.273 e. The Hall–Kier alpha value is -3.49. The van der Waals surface area contributed by atoms with Gasteiger partial charge in [0.2, 0.25) is 0 Å². The number of carbonyl (C=O) groups is 2. The summed E-state index contributed by atoms with van der Waals surface area (Å²) in [7, 11) is 0. The Bertz CT molecular complexity index is 1080. The van der Waals surface area contributed by atoms with Crippen molar-refractivity contribution in [2.45, 2.75) is 26.3 Å². The van der Waals surface area contributed by atoms with Gasteiger partial charge in [0.05, 0.1) is 17.3 Å². The predicted molar refractivity (Wildman–Crippen MR) is 107 cm³/mol. The predicted octanol–water partition coefficient (Wildman–Crippen LogP) is 1.28. The molecule has 0 aliphatic heterocycles. The fourth-order valence-electron chi connectivity index (χ4n) is 3.81. The Balaban J connectivity index is 1.36. The maximum atomic E-state index is 12.8. The number of nitrogens with zero attached hydrogens (tertiary/aromatic N) is 4. The van der Waals surface area contributed by atoms with E-state index in [0.29, 0.717) is 12.1 Å². The van der Waals surface area contributed by atoms with E-state index in [4.69, 9.17) is 5.73 Å². The summed E-state index contributed by atoms with van der Waals surface area (Å²) in [5.41, 5.74) is 7.03. The zero-order chi connectivity index (χ0) is 20.6. The van der Waals surface area contributed by atoms with Crippen LogP contribution in [0.5, 0.6) is 0 Å². The number of nitrogens with two attached hydrogens (primary N) is 1. The third-order valence-electron chi connectivity index (χ3n) is 5.91. The van der Waals surface area contributed by atoms with E-state index in [1.807, 2.05) is 12.3 Å². The molecule has 4 rings (SSSR count). The SMILES string of the molecule is CC1(C)C(CNC(=O)c2nccnc2N)CC1NC(=O)c1cccn2nccc12. The van der Waals surface area contributed by atoms with Crippen molar-refractivity contribution in [1.29, 1.82) is 0 Å². The number of hydrogen-bond donors (Lipinski definition) is 3. The third-order valence-corrected chi connectivity index (χ3v) is 5.91. The van der Waals surface area contributed by atoms with Crippen LogP contribution in [0.4, 0.5) is 5.82 Å². The summed E-state index contributed by atoms with van der Waals surface area (Å²) in [6.07, 6.45) is 7.13. The van der Waals surface area contributed by atoms with Crippen LogP contribution in [0.1, 0.15) is 41.1 Å². The number of nitrogens with one attached hydrogen (secondary N) is 2. The molecule has 0 radical (unpaired) electrons. The first kappa shape index (κ1) is 18.9. The van der Waals surface area contributed by atoms with Crippen LogP contribution in [-0.4, -0.2) is 44.0 Å². The number of fused-ring (bicyclic) bond motifs is 1. The molecule has 1 aliphatic carbocycles. The molecule has 1 saturated carbocycles. The molecule has 4 N–H and O–H groups in total. The summed E-state index contributed by atoms with van der Waals surface area (Å²) in [4.78, 5) is 32.9. The van der Waals surface area contributed by atoms with Gasteiger partial charge in [0.15, 0.2) is 11.5 Å². The van der Waals surface area contributed by atoms with Crippen LogP contribution in [-0.2, 0) is 0 Å². The van der Waals surface area contributed by atoms with Gasteiger partial charge in [-0.25, -0.2) is 14.5 Å². The van der Waals surface area contributed by atoms with E-state index in [1.165, 1.54) is 12.4 Å². The Morgan fingerprint density at radius 2 is 2.00 bits per heavy atom. The number of anilines is 1. The quantitative estimate of drug-likeness (QED) is 0.599. The van der Waals surface area contributed by atoms with Crippen molar-refractivity contribution >= 4 is 23.1 Å². The molecule has 0 aromatic carbocycles. The number of amides is 2. The zero-order valence-corrected chi connectivity index (χ0v) is 16.3. The fraction of sp³-hybridized carbons (Fsp3) is 0.350. The standard InChI is InChI=1S/C20H23N7O2/c1-20(2)12(11-24-19(29)16-17(21)23-8-7-22-16)10-15(20)26-18(28)13-4-3-9-27-14(13)5-6-25-27/h3-9,12,15H,10-11H2,1-2H3,(H2,21,23)(H,24,29)(H,26,28). The molecule has 29 heavy (non-hydrogen) atoms. The number of carbonyl (C=O) groups excluding carboxylic acids is 2. The second-order valence-electron chi connectivity index (χ2n) is 7.86. The van der Waals surface area contributed by atoms with E-state index < -0.39 is 0 Å². The van der Waals surface area contributed by atoms with Gasteiger partial charge < -0.3 is 16.4 Å². The van der Waals surface area contributed by atoms with Crippen molar-refractivity contribution in [1.82, 2.24) is 30.2 Å². The van der Waals surface area contributed by atoms with E-state index in [1.54, 1.807) is 22.8 Å². The topological polar surface area (TPSA) is 127 Å². The maximum Gasteiger partial charge on any atom is 0.273 e. The van der Waals surface area contributed by atoms with Gasteiger partial charge in [0, 0.05) is 31.2 Å². The van der Waals surface area contributed by atoms with Crippen LogP contribution in [0.2, 0.25) is 0 Å². The normalized spacial score (nSPS) is 20.1. The highest BCUT2D eigenvalue weighted by Gasteiger charge is 2.48. The average molecular weight is 393 g/mol. The lowest BCUT2D eigenvalue weighted by molar-refractivity contribution is 0.0150. The molecule has 150 valence electrons. The van der Waals surface area contributed by atoms with Gasteiger partial charge in [-0.1, -0.05) is 13.8 Å². The molecule has 3 heterocycles. The number of pyridine rings is 1. The van der Waals surface area contributed by atoms with Gasteiger partial charge in [-0.2, -0.15) is 5.10 Å². The molecule has 1 fully saturated rings. The number of rotatable bonds is 5. The fourth-order valence-corrected chi connectivity index (χ4v) is 3.81. The minimum atomic E-state index is -0.341. The second kappa shape index (κ2) is 7.16. The van der Waals surface area contributed by atoms with Gasteiger partial charge >= 0.3 is 0 Å². The highest BCUT2D eigenvalue weighted by molar-refractivity contribution is 6.01. The van der Waals surface area contributed by atoms with Crippen molar-refractivity contribution in [3.63, 3.8) is 0 Å². The summed E-state index contributed by atoms with van der Waals surface area (Å²) < 4.78 is 1.68. The molecule has 9 heteroatoms. The Morgan fingerprint density at radius 3 is 2.76 bits per heavy atom. The largest absolute Gasteiger partial charge is 0.382 e. The lowest BCUT2D eigenvalue weighted by Gasteiger charge is -2.52. The van der Waals surface area contributed by atoms with Crippen LogP contribution in [0.3, 0.4) is 0 Å². The van der Waals surface area contributed by atoms with Crippen molar-refractivity contribution in [2.24, 2.45) is 11.3 Å². The van der Waals surface area contributed by atoms with E-state index >= 15 is 0 Å². The molecule has 2 atom stereocenters. The van der Waals surface area contributed by atoms with Gasteiger partial charge in [0.25, 0.3) is 11.8 Å². The first-order valence-electron chi connectivity index (χ1n) is 9.46. The number of nitrogen functional groups attached to an aromatic ring is 1. The van der Waals surface area contributed by atoms with Crippen LogP contribution >= 0.6 is 0 Å². The Kier molecular flexibility index (Phi) is 4.65. The lowest BCUT2D eigenvalue weighted by atomic mass is 9.58. The first-order chi connectivity index (χ1) is 13.9. The van der Waals surface area contributed by atoms with Crippen molar-refractivity contribution in [3.05, 3.63) is 54.2 Å². The third kappa shape index (κ3) is 3.39. The first-order valence-corrected chi connectivity index (χ1v) is 9.46. The summed E-state index contributed by atoms with van der Waals surface area (Å²) in [5, 5.41) is 10.2. The molecule has 2 amide bonds. The molecular weight excluding hydrogens is 370 g/mol. The maximum absolute atomic E-state index is 12.8. The molecule has 0 spiro atoms. The van der Waals surface area contributed by atoms with Crippen LogP contribution in [0.15, 0.2) is 43.0 Å². The van der Waals surface area contributed by atoms with Crippen LogP contribution in [0.25, 0.3) is 5.52 Å². The van der Waals surface area contributed by atoms with E-state index in [-0.39, 0.29) is 40.7 Å². The van der Waals surface area contributed by atoms with E-state index in [2.05, 4.69) is 39.5 Å². The van der Waals surface area contributed by atoms with E-state index in [9.17, 15) is 9.59 Å². The molecule has 1 aliphatic rings. The molecule has 0 bridgehead atoms. The highest BCUT2D eigenvalue weighted by atomic mass is 16.2. The summed E-state index contributed by atoms with van der Waals surface area (Å²) in [5.74, 6) is -0.132. The molecule has 3 aromatic heterocycles. The highest BCUT2D eigenvalue weighted by Crippen LogP contribution is 2.46. The summed E-state index contributed by atoms with van der Waals surface area (Å²) in [6.45, 7) is 4.66. The Morgan fingerprint density at radius 1 is 1.21 bits per heavy atom. The number of hydrogen-bond acceptors (Lipinski definition) is 6. The molecule has 3 aromatic rings. The zero-order valence-electron chi connectivity index (χ0n) is 16.3. The van der Waals surface area contributed by atoms with Crippen molar-refractivity contribution in [3.8, 4) is 0 Å². The molecular formula is C20H23N7O2.